The van der Waals surface area contributed by atoms with Crippen molar-refractivity contribution in [3.05, 3.63) is 151 Å². The van der Waals surface area contributed by atoms with Gasteiger partial charge < -0.3 is 0 Å². The van der Waals surface area contributed by atoms with Gasteiger partial charge in [0.1, 0.15) is 0 Å². The fourth-order valence-electron chi connectivity index (χ4n) is 5.24. The summed E-state index contributed by atoms with van der Waals surface area (Å²) in [7, 11) is 0. The summed E-state index contributed by atoms with van der Waals surface area (Å²) >= 11 is 0. The molecule has 0 fully saturated rings. The van der Waals surface area contributed by atoms with E-state index < -0.39 is 0 Å². The Kier molecular flexibility index (Phi) is 6.91. The number of nitrogens with zero attached hydrogens (tertiary/aromatic N) is 2. The van der Waals surface area contributed by atoms with E-state index in [1.807, 2.05) is 12.1 Å². The third kappa shape index (κ3) is 5.00. The molecule has 0 saturated heterocycles. The number of aryl methyl sites for hydroxylation is 2. The Labute approximate surface area is 236 Å². The number of rotatable bonds is 6. The SMILES string of the molecule is C=Cc1cccc(-c2nc(-c3cccc(C)c3)cc(-c3cccc(-c4ccccc4)c3)n2)c1-c1ccccc1C. The van der Waals surface area contributed by atoms with Crippen LogP contribution in [0.4, 0.5) is 0 Å². The first-order chi connectivity index (χ1) is 19.6. The van der Waals surface area contributed by atoms with Gasteiger partial charge in [0, 0.05) is 22.3 Å². The number of aromatic nitrogens is 2. The van der Waals surface area contributed by atoms with Gasteiger partial charge in [0.15, 0.2) is 5.82 Å². The molecule has 6 rings (SSSR count). The quantitative estimate of drug-likeness (QED) is 0.221. The minimum atomic E-state index is 0.695. The van der Waals surface area contributed by atoms with Crippen LogP contribution in [-0.4, -0.2) is 9.97 Å². The molecule has 0 amide bonds. The molecule has 192 valence electrons. The molecular weight excluding hydrogens is 484 g/mol. The van der Waals surface area contributed by atoms with Gasteiger partial charge in [-0.3, -0.25) is 0 Å². The Hall–Kier alpha value is -5.08. The number of hydrogen-bond acceptors (Lipinski definition) is 2. The van der Waals surface area contributed by atoms with E-state index in [1.165, 1.54) is 16.7 Å². The minimum absolute atomic E-state index is 0.695. The van der Waals surface area contributed by atoms with Crippen LogP contribution in [0.2, 0.25) is 0 Å². The number of benzene rings is 5. The molecule has 1 heterocycles. The van der Waals surface area contributed by atoms with Crippen molar-refractivity contribution in [1.82, 2.24) is 9.97 Å². The molecule has 0 aliphatic rings. The summed E-state index contributed by atoms with van der Waals surface area (Å²) in [5.74, 6) is 0.695. The second-order valence-electron chi connectivity index (χ2n) is 10.1. The van der Waals surface area contributed by atoms with Crippen molar-refractivity contribution >= 4 is 6.08 Å². The lowest BCUT2D eigenvalue weighted by molar-refractivity contribution is 1.18. The summed E-state index contributed by atoms with van der Waals surface area (Å²) in [5.41, 5.74) is 12.9. The first kappa shape index (κ1) is 25.2. The van der Waals surface area contributed by atoms with Gasteiger partial charge in [-0.15, -0.1) is 0 Å². The molecule has 0 unspecified atom stereocenters. The highest BCUT2D eigenvalue weighted by atomic mass is 14.9. The first-order valence-electron chi connectivity index (χ1n) is 13.5. The molecule has 1 aromatic heterocycles. The van der Waals surface area contributed by atoms with Crippen LogP contribution < -0.4 is 0 Å². The predicted octanol–water partition coefficient (Wildman–Crippen LogP) is 10.1. The highest BCUT2D eigenvalue weighted by molar-refractivity contribution is 5.89. The van der Waals surface area contributed by atoms with Gasteiger partial charge in [0.2, 0.25) is 0 Å². The highest BCUT2D eigenvalue weighted by Crippen LogP contribution is 2.38. The maximum absolute atomic E-state index is 5.20. The maximum atomic E-state index is 5.20. The van der Waals surface area contributed by atoms with Gasteiger partial charge in [-0.1, -0.05) is 127 Å². The molecular formula is C38H30N2. The zero-order valence-corrected chi connectivity index (χ0v) is 22.8. The molecule has 2 nitrogen and oxygen atoms in total. The van der Waals surface area contributed by atoms with Gasteiger partial charge >= 0.3 is 0 Å². The Balaban J connectivity index is 1.60. The van der Waals surface area contributed by atoms with E-state index in [4.69, 9.17) is 9.97 Å². The lowest BCUT2D eigenvalue weighted by Gasteiger charge is -2.16. The summed E-state index contributed by atoms with van der Waals surface area (Å²) in [6.07, 6.45) is 1.92. The van der Waals surface area contributed by atoms with Crippen LogP contribution in [0.25, 0.3) is 62.2 Å². The lowest BCUT2D eigenvalue weighted by atomic mass is 9.91. The van der Waals surface area contributed by atoms with Crippen molar-refractivity contribution in [2.75, 3.05) is 0 Å². The fraction of sp³-hybridized carbons (Fsp3) is 0.0526. The van der Waals surface area contributed by atoms with Crippen molar-refractivity contribution in [1.29, 1.82) is 0 Å². The van der Waals surface area contributed by atoms with Crippen molar-refractivity contribution in [3.63, 3.8) is 0 Å². The van der Waals surface area contributed by atoms with Crippen LogP contribution in [0.15, 0.2) is 134 Å². The van der Waals surface area contributed by atoms with Crippen LogP contribution in [0.3, 0.4) is 0 Å². The van der Waals surface area contributed by atoms with E-state index in [1.54, 1.807) is 0 Å². The van der Waals surface area contributed by atoms with Gasteiger partial charge in [0.25, 0.3) is 0 Å². The summed E-state index contributed by atoms with van der Waals surface area (Å²) in [6.45, 7) is 8.37. The highest BCUT2D eigenvalue weighted by Gasteiger charge is 2.17. The molecule has 0 spiro atoms. The summed E-state index contributed by atoms with van der Waals surface area (Å²) in [5, 5.41) is 0. The third-order valence-electron chi connectivity index (χ3n) is 7.28. The van der Waals surface area contributed by atoms with E-state index in [0.717, 1.165) is 50.3 Å². The molecule has 0 atom stereocenters. The average molecular weight is 515 g/mol. The summed E-state index contributed by atoms with van der Waals surface area (Å²) in [6, 6.07) is 44.4. The largest absolute Gasteiger partial charge is 0.228 e. The maximum Gasteiger partial charge on any atom is 0.161 e. The molecule has 0 aliphatic heterocycles. The van der Waals surface area contributed by atoms with Crippen LogP contribution in [-0.2, 0) is 0 Å². The van der Waals surface area contributed by atoms with Crippen LogP contribution in [0, 0.1) is 13.8 Å². The van der Waals surface area contributed by atoms with Crippen molar-refractivity contribution in [2.24, 2.45) is 0 Å². The van der Waals surface area contributed by atoms with Gasteiger partial charge in [-0.2, -0.15) is 0 Å². The monoisotopic (exact) mass is 514 g/mol. The minimum Gasteiger partial charge on any atom is -0.228 e. The average Bonchev–Trinajstić information content (AvgIpc) is 3.01. The molecule has 0 aliphatic carbocycles. The zero-order chi connectivity index (χ0) is 27.5. The first-order valence-corrected chi connectivity index (χ1v) is 13.5. The van der Waals surface area contributed by atoms with E-state index in [-0.39, 0.29) is 0 Å². The Morgan fingerprint density at radius 2 is 1.12 bits per heavy atom. The van der Waals surface area contributed by atoms with Crippen molar-refractivity contribution in [3.8, 4) is 56.2 Å². The molecule has 0 N–H and O–H groups in total. The molecule has 0 bridgehead atoms. The Morgan fingerprint density at radius 1 is 0.525 bits per heavy atom. The summed E-state index contributed by atoms with van der Waals surface area (Å²) < 4.78 is 0. The van der Waals surface area contributed by atoms with E-state index in [9.17, 15) is 0 Å². The Bertz CT molecular complexity index is 1830. The van der Waals surface area contributed by atoms with Crippen molar-refractivity contribution < 1.29 is 0 Å². The van der Waals surface area contributed by atoms with Gasteiger partial charge in [-0.25, -0.2) is 9.97 Å². The third-order valence-corrected chi connectivity index (χ3v) is 7.28. The molecule has 5 aromatic carbocycles. The fourth-order valence-corrected chi connectivity index (χ4v) is 5.24. The predicted molar refractivity (Wildman–Crippen MR) is 169 cm³/mol. The molecule has 2 heteroatoms. The standard InChI is InChI=1S/C38H30N2/c1-4-28-17-12-22-34(37(28)33-21-9-8-14-27(33)3)38-39-35(31-19-10-13-26(2)23-31)25-36(40-38)32-20-11-18-30(24-32)29-15-6-5-7-16-29/h4-25H,1H2,2-3H3. The van der Waals surface area contributed by atoms with Gasteiger partial charge in [-0.05, 0) is 59.9 Å². The van der Waals surface area contributed by atoms with Crippen molar-refractivity contribution in [2.45, 2.75) is 13.8 Å². The second kappa shape index (κ2) is 11.0. The lowest BCUT2D eigenvalue weighted by Crippen LogP contribution is -1.99. The topological polar surface area (TPSA) is 25.8 Å². The second-order valence-corrected chi connectivity index (χ2v) is 10.1. The van der Waals surface area contributed by atoms with E-state index >= 15 is 0 Å². The molecule has 0 radical (unpaired) electrons. The molecule has 40 heavy (non-hydrogen) atoms. The van der Waals surface area contributed by atoms with Gasteiger partial charge in [0.05, 0.1) is 11.4 Å². The smallest absolute Gasteiger partial charge is 0.161 e. The summed E-state index contributed by atoms with van der Waals surface area (Å²) in [4.78, 5) is 10.4. The Morgan fingerprint density at radius 3 is 1.85 bits per heavy atom. The van der Waals surface area contributed by atoms with E-state index in [2.05, 4.69) is 142 Å². The van der Waals surface area contributed by atoms with Crippen LogP contribution in [0.5, 0.6) is 0 Å². The zero-order valence-electron chi connectivity index (χ0n) is 22.8. The van der Waals surface area contributed by atoms with Crippen LogP contribution >= 0.6 is 0 Å². The van der Waals surface area contributed by atoms with Crippen LogP contribution in [0.1, 0.15) is 16.7 Å². The van der Waals surface area contributed by atoms with E-state index in [0.29, 0.717) is 5.82 Å². The number of hydrogen-bond donors (Lipinski definition) is 0. The molecule has 0 saturated carbocycles. The normalized spacial score (nSPS) is 10.8. The molecule has 6 aromatic rings.